The molecule has 1 aliphatic rings. The van der Waals surface area contributed by atoms with Crippen LogP contribution < -0.4 is 10.9 Å². The zero-order valence-electron chi connectivity index (χ0n) is 12.8. The Kier molecular flexibility index (Phi) is 4.75. The first-order valence-corrected chi connectivity index (χ1v) is 10.2. The van der Waals surface area contributed by atoms with Crippen molar-refractivity contribution in [2.24, 2.45) is 0 Å². The summed E-state index contributed by atoms with van der Waals surface area (Å²) in [5.41, 5.74) is 9.45. The van der Waals surface area contributed by atoms with Gasteiger partial charge in [-0.2, -0.15) is 0 Å². The van der Waals surface area contributed by atoms with Gasteiger partial charge in [-0.3, -0.25) is 0 Å². The molecule has 23 heavy (non-hydrogen) atoms. The maximum Gasteiger partial charge on any atom is 0.152 e. The Hall–Kier alpha value is -1.37. The van der Waals surface area contributed by atoms with Crippen LogP contribution in [0.15, 0.2) is 53.0 Å². The molecule has 0 aromatic heterocycles. The van der Waals surface area contributed by atoms with Gasteiger partial charge >= 0.3 is 0 Å². The van der Waals surface area contributed by atoms with Crippen molar-refractivity contribution >= 4 is 31.5 Å². The second-order valence-electron chi connectivity index (χ2n) is 5.94. The molecule has 0 radical (unpaired) electrons. The molecule has 4 nitrogen and oxygen atoms in total. The highest BCUT2D eigenvalue weighted by atomic mass is 79.9. The molecule has 0 fully saturated rings. The molecule has 2 N–H and O–H groups in total. The summed E-state index contributed by atoms with van der Waals surface area (Å²) in [6.45, 7) is 0. The standard InChI is InChI=1S/C17H19BrN2O2S/c1-23(21,22)17-11-13-10-14(18)7-8-15(13)19-20-16(17)9-12-5-3-2-4-6-12/h2-8,10,16-17,19-20H,9,11H2,1H3. The van der Waals surface area contributed by atoms with Crippen molar-refractivity contribution in [3.63, 3.8) is 0 Å². The van der Waals surface area contributed by atoms with Crippen LogP contribution in [-0.4, -0.2) is 26.0 Å². The monoisotopic (exact) mass is 394 g/mol. The summed E-state index contributed by atoms with van der Waals surface area (Å²) in [6.07, 6.45) is 2.46. The van der Waals surface area contributed by atoms with Crippen LogP contribution in [0.25, 0.3) is 0 Å². The largest absolute Gasteiger partial charge is 0.321 e. The van der Waals surface area contributed by atoms with E-state index in [1.54, 1.807) is 0 Å². The average Bonchev–Trinajstić information content (AvgIpc) is 2.68. The smallest absolute Gasteiger partial charge is 0.152 e. The summed E-state index contributed by atoms with van der Waals surface area (Å²) >= 11 is 3.46. The van der Waals surface area contributed by atoms with Crippen LogP contribution in [0.4, 0.5) is 5.69 Å². The van der Waals surface area contributed by atoms with E-state index < -0.39 is 15.1 Å². The average molecular weight is 395 g/mol. The lowest BCUT2D eigenvalue weighted by atomic mass is 9.99. The van der Waals surface area contributed by atoms with E-state index >= 15 is 0 Å². The summed E-state index contributed by atoms with van der Waals surface area (Å²) < 4.78 is 25.7. The van der Waals surface area contributed by atoms with Crippen molar-refractivity contribution in [2.75, 3.05) is 11.7 Å². The van der Waals surface area contributed by atoms with Crippen molar-refractivity contribution in [2.45, 2.75) is 24.1 Å². The predicted molar refractivity (Wildman–Crippen MR) is 97.2 cm³/mol. The minimum atomic E-state index is -3.19. The van der Waals surface area contributed by atoms with Crippen molar-refractivity contribution in [1.29, 1.82) is 0 Å². The summed E-state index contributed by atoms with van der Waals surface area (Å²) in [7, 11) is -3.19. The zero-order valence-corrected chi connectivity index (χ0v) is 15.2. The Morgan fingerprint density at radius 3 is 2.61 bits per heavy atom. The SMILES string of the molecule is CS(=O)(=O)C1Cc2cc(Br)ccc2NNC1Cc1ccccc1. The van der Waals surface area contributed by atoms with Crippen LogP contribution in [-0.2, 0) is 22.7 Å². The highest BCUT2D eigenvalue weighted by molar-refractivity contribution is 9.10. The molecule has 122 valence electrons. The minimum Gasteiger partial charge on any atom is -0.321 e. The van der Waals surface area contributed by atoms with Gasteiger partial charge in [0.2, 0.25) is 0 Å². The number of nitrogens with one attached hydrogen (secondary N) is 2. The fourth-order valence-corrected chi connectivity index (χ4v) is 4.63. The topological polar surface area (TPSA) is 58.2 Å². The van der Waals surface area contributed by atoms with Gasteiger partial charge in [0, 0.05) is 16.8 Å². The lowest BCUT2D eigenvalue weighted by Gasteiger charge is -2.24. The van der Waals surface area contributed by atoms with E-state index in [2.05, 4.69) is 26.8 Å². The van der Waals surface area contributed by atoms with Gasteiger partial charge < -0.3 is 5.43 Å². The van der Waals surface area contributed by atoms with Crippen LogP contribution in [0, 0.1) is 0 Å². The number of fused-ring (bicyclic) bond motifs is 1. The van der Waals surface area contributed by atoms with E-state index in [9.17, 15) is 8.42 Å². The summed E-state index contributed by atoms with van der Waals surface area (Å²) in [5.74, 6) is 0. The van der Waals surface area contributed by atoms with E-state index in [0.717, 1.165) is 21.3 Å². The van der Waals surface area contributed by atoms with Gasteiger partial charge in [0.15, 0.2) is 9.84 Å². The van der Waals surface area contributed by atoms with E-state index in [-0.39, 0.29) is 6.04 Å². The number of sulfone groups is 1. The van der Waals surface area contributed by atoms with Gasteiger partial charge in [-0.05, 0) is 42.2 Å². The van der Waals surface area contributed by atoms with Gasteiger partial charge in [-0.25, -0.2) is 13.8 Å². The van der Waals surface area contributed by atoms with Crippen molar-refractivity contribution in [1.82, 2.24) is 5.43 Å². The predicted octanol–water partition coefficient (Wildman–Crippen LogP) is 2.95. The number of hydrazine groups is 1. The van der Waals surface area contributed by atoms with E-state index in [4.69, 9.17) is 0 Å². The molecule has 1 heterocycles. The molecule has 0 bridgehead atoms. The molecule has 1 aliphatic heterocycles. The van der Waals surface area contributed by atoms with E-state index in [0.29, 0.717) is 12.8 Å². The summed E-state index contributed by atoms with van der Waals surface area (Å²) in [6, 6.07) is 15.6. The lowest BCUT2D eigenvalue weighted by Crippen LogP contribution is -2.47. The number of benzene rings is 2. The summed E-state index contributed by atoms with van der Waals surface area (Å²) in [4.78, 5) is 0. The molecule has 2 aromatic carbocycles. The molecule has 0 spiro atoms. The minimum absolute atomic E-state index is 0.196. The molecule has 0 saturated heterocycles. The van der Waals surface area contributed by atoms with Gasteiger partial charge in [-0.15, -0.1) is 0 Å². The van der Waals surface area contributed by atoms with Crippen LogP contribution in [0.3, 0.4) is 0 Å². The second kappa shape index (κ2) is 6.63. The zero-order chi connectivity index (χ0) is 16.4. The number of halogens is 1. The third-order valence-corrected chi connectivity index (χ3v) is 6.27. The Bertz CT molecular complexity index is 793. The number of rotatable bonds is 3. The lowest BCUT2D eigenvalue weighted by molar-refractivity contribution is 0.504. The van der Waals surface area contributed by atoms with Crippen molar-refractivity contribution in [3.8, 4) is 0 Å². The van der Waals surface area contributed by atoms with Crippen molar-refractivity contribution < 1.29 is 8.42 Å². The van der Waals surface area contributed by atoms with E-state index in [1.807, 2.05) is 48.5 Å². The Morgan fingerprint density at radius 2 is 1.91 bits per heavy atom. The Balaban J connectivity index is 1.93. The number of hydrogen-bond donors (Lipinski definition) is 2. The quantitative estimate of drug-likeness (QED) is 0.839. The molecule has 2 unspecified atom stereocenters. The highest BCUT2D eigenvalue weighted by Gasteiger charge is 2.33. The number of hydrogen-bond acceptors (Lipinski definition) is 4. The molecule has 0 saturated carbocycles. The first kappa shape index (κ1) is 16.5. The molecular weight excluding hydrogens is 376 g/mol. The third kappa shape index (κ3) is 3.94. The maximum atomic E-state index is 12.4. The van der Waals surface area contributed by atoms with Crippen LogP contribution in [0.1, 0.15) is 11.1 Å². The van der Waals surface area contributed by atoms with Gasteiger partial charge in [0.1, 0.15) is 0 Å². The van der Waals surface area contributed by atoms with E-state index in [1.165, 1.54) is 6.26 Å². The molecule has 0 aliphatic carbocycles. The Labute approximate surface area is 145 Å². The fraction of sp³-hybridized carbons (Fsp3) is 0.294. The second-order valence-corrected chi connectivity index (χ2v) is 9.12. The fourth-order valence-electron chi connectivity index (χ4n) is 2.98. The molecule has 6 heteroatoms. The van der Waals surface area contributed by atoms with Gasteiger partial charge in [0.05, 0.1) is 10.9 Å². The first-order chi connectivity index (χ1) is 10.9. The maximum absolute atomic E-state index is 12.4. The highest BCUT2D eigenvalue weighted by Crippen LogP contribution is 2.27. The molecule has 0 amide bonds. The van der Waals surface area contributed by atoms with Crippen LogP contribution in [0.2, 0.25) is 0 Å². The van der Waals surface area contributed by atoms with Crippen LogP contribution in [0.5, 0.6) is 0 Å². The van der Waals surface area contributed by atoms with Crippen molar-refractivity contribution in [3.05, 3.63) is 64.1 Å². The first-order valence-electron chi connectivity index (χ1n) is 7.46. The number of anilines is 1. The van der Waals surface area contributed by atoms with Crippen LogP contribution >= 0.6 is 15.9 Å². The molecule has 3 rings (SSSR count). The van der Waals surface area contributed by atoms with Gasteiger partial charge in [-0.1, -0.05) is 46.3 Å². The molecular formula is C17H19BrN2O2S. The molecule has 2 atom stereocenters. The Morgan fingerprint density at radius 1 is 1.17 bits per heavy atom. The third-order valence-electron chi connectivity index (χ3n) is 4.18. The normalized spacial score (nSPS) is 21.1. The molecule has 2 aromatic rings. The summed E-state index contributed by atoms with van der Waals surface area (Å²) in [5, 5.41) is -0.481. The van der Waals surface area contributed by atoms with Gasteiger partial charge in [0.25, 0.3) is 0 Å².